The third-order valence-corrected chi connectivity index (χ3v) is 2.79. The van der Waals surface area contributed by atoms with Gasteiger partial charge in [0.1, 0.15) is 5.82 Å². The van der Waals surface area contributed by atoms with E-state index in [0.29, 0.717) is 16.1 Å². The third kappa shape index (κ3) is 2.84. The van der Waals surface area contributed by atoms with E-state index in [1.165, 1.54) is 18.2 Å². The van der Waals surface area contributed by atoms with Gasteiger partial charge in [0.25, 0.3) is 0 Å². The van der Waals surface area contributed by atoms with Crippen LogP contribution in [0.5, 0.6) is 0 Å². The molecule has 3 heteroatoms. The van der Waals surface area contributed by atoms with Gasteiger partial charge in [-0.05, 0) is 30.4 Å². The maximum absolute atomic E-state index is 13.3. The smallest absolute Gasteiger partial charge is 0.187 e. The fourth-order valence-corrected chi connectivity index (χ4v) is 1.76. The summed E-state index contributed by atoms with van der Waals surface area (Å²) in [6.45, 7) is 0. The van der Waals surface area contributed by atoms with Crippen LogP contribution in [-0.2, 0) is 0 Å². The molecule has 0 fully saturated rings. The third-order valence-electron chi connectivity index (χ3n) is 2.46. The molecule has 0 aromatic heterocycles. The molecule has 0 amide bonds. The summed E-state index contributed by atoms with van der Waals surface area (Å²) in [5.41, 5.74) is 0.782. The Bertz CT molecular complexity index is 605. The van der Waals surface area contributed by atoms with Gasteiger partial charge in [-0.2, -0.15) is 0 Å². The summed E-state index contributed by atoms with van der Waals surface area (Å²) < 4.78 is 13.3. The standard InChI is InChI=1S/C15H10ClFO/c16-13-7-3-2-6-12(13)15(18)10-9-11-5-1-4-8-14(11)17/h1-10H/b10-9+. The number of hydrogen-bond donors (Lipinski definition) is 0. The van der Waals surface area contributed by atoms with Crippen LogP contribution in [0.4, 0.5) is 4.39 Å². The summed E-state index contributed by atoms with van der Waals surface area (Å²) in [6.07, 6.45) is 2.76. The van der Waals surface area contributed by atoms with E-state index in [1.54, 1.807) is 42.5 Å². The van der Waals surface area contributed by atoms with Gasteiger partial charge in [0.05, 0.1) is 5.02 Å². The molecular weight excluding hydrogens is 251 g/mol. The average molecular weight is 261 g/mol. The molecule has 90 valence electrons. The van der Waals surface area contributed by atoms with E-state index in [-0.39, 0.29) is 11.6 Å². The van der Waals surface area contributed by atoms with Crippen LogP contribution in [0.2, 0.25) is 5.02 Å². The average Bonchev–Trinajstić information content (AvgIpc) is 2.38. The SMILES string of the molecule is O=C(/C=C/c1ccccc1F)c1ccccc1Cl. The highest BCUT2D eigenvalue weighted by atomic mass is 35.5. The molecule has 0 bridgehead atoms. The van der Waals surface area contributed by atoms with E-state index in [4.69, 9.17) is 11.6 Å². The second-order valence-corrected chi connectivity index (χ2v) is 4.11. The first-order valence-electron chi connectivity index (χ1n) is 5.40. The summed E-state index contributed by atoms with van der Waals surface area (Å²) in [6, 6.07) is 13.0. The van der Waals surface area contributed by atoms with Gasteiger partial charge in [0, 0.05) is 11.1 Å². The van der Waals surface area contributed by atoms with Crippen LogP contribution in [0.1, 0.15) is 15.9 Å². The van der Waals surface area contributed by atoms with Crippen LogP contribution in [0.3, 0.4) is 0 Å². The van der Waals surface area contributed by atoms with Crippen molar-refractivity contribution in [3.63, 3.8) is 0 Å². The molecule has 1 nitrogen and oxygen atoms in total. The van der Waals surface area contributed by atoms with E-state index in [1.807, 2.05) is 0 Å². The van der Waals surface area contributed by atoms with Crippen molar-refractivity contribution in [3.05, 3.63) is 76.6 Å². The van der Waals surface area contributed by atoms with Crippen molar-refractivity contribution in [2.75, 3.05) is 0 Å². The molecule has 2 rings (SSSR count). The van der Waals surface area contributed by atoms with Crippen LogP contribution in [0.25, 0.3) is 6.08 Å². The van der Waals surface area contributed by atoms with Crippen LogP contribution in [0, 0.1) is 5.82 Å². The van der Waals surface area contributed by atoms with Crippen molar-refractivity contribution < 1.29 is 9.18 Å². The Hall–Kier alpha value is -1.93. The number of hydrogen-bond acceptors (Lipinski definition) is 1. The topological polar surface area (TPSA) is 17.1 Å². The highest BCUT2D eigenvalue weighted by Crippen LogP contribution is 2.16. The van der Waals surface area contributed by atoms with E-state index >= 15 is 0 Å². The van der Waals surface area contributed by atoms with Crippen LogP contribution in [0.15, 0.2) is 54.6 Å². The number of allylic oxidation sites excluding steroid dienone is 1. The van der Waals surface area contributed by atoms with Crippen molar-refractivity contribution in [2.24, 2.45) is 0 Å². The molecule has 0 aliphatic heterocycles. The fourth-order valence-electron chi connectivity index (χ4n) is 1.53. The lowest BCUT2D eigenvalue weighted by Crippen LogP contribution is -1.95. The molecule has 0 saturated heterocycles. The Kier molecular flexibility index (Phi) is 3.90. The maximum atomic E-state index is 13.3. The first kappa shape index (κ1) is 12.5. The number of rotatable bonds is 3. The van der Waals surface area contributed by atoms with Crippen molar-refractivity contribution >= 4 is 23.5 Å². The summed E-state index contributed by atoms with van der Waals surface area (Å²) in [7, 11) is 0. The quantitative estimate of drug-likeness (QED) is 0.591. The number of benzene rings is 2. The van der Waals surface area contributed by atoms with E-state index < -0.39 is 0 Å². The summed E-state index contributed by atoms with van der Waals surface area (Å²) in [5.74, 6) is -0.607. The van der Waals surface area contributed by atoms with Gasteiger partial charge in [-0.25, -0.2) is 4.39 Å². The predicted octanol–water partition coefficient (Wildman–Crippen LogP) is 4.38. The molecule has 18 heavy (non-hydrogen) atoms. The molecule has 0 N–H and O–H groups in total. The second-order valence-electron chi connectivity index (χ2n) is 3.70. The summed E-state index contributed by atoms with van der Waals surface area (Å²) in [5, 5.41) is 0.390. The molecule has 0 aliphatic rings. The highest BCUT2D eigenvalue weighted by molar-refractivity contribution is 6.34. The monoisotopic (exact) mass is 260 g/mol. The molecule has 0 radical (unpaired) electrons. The normalized spacial score (nSPS) is 10.8. The maximum Gasteiger partial charge on any atom is 0.187 e. The van der Waals surface area contributed by atoms with Gasteiger partial charge in [0.15, 0.2) is 5.78 Å². The number of ketones is 1. The van der Waals surface area contributed by atoms with Gasteiger partial charge >= 0.3 is 0 Å². The largest absolute Gasteiger partial charge is 0.289 e. The minimum atomic E-state index is -0.360. The first-order chi connectivity index (χ1) is 8.68. The Morgan fingerprint density at radius 1 is 1.06 bits per heavy atom. The van der Waals surface area contributed by atoms with E-state index in [9.17, 15) is 9.18 Å². The van der Waals surface area contributed by atoms with Crippen molar-refractivity contribution in [1.29, 1.82) is 0 Å². The Balaban J connectivity index is 2.23. The van der Waals surface area contributed by atoms with Gasteiger partial charge in [-0.1, -0.05) is 41.9 Å². The van der Waals surface area contributed by atoms with Crippen LogP contribution >= 0.6 is 11.6 Å². The van der Waals surface area contributed by atoms with Crippen molar-refractivity contribution in [3.8, 4) is 0 Å². The fraction of sp³-hybridized carbons (Fsp3) is 0. The molecule has 2 aromatic carbocycles. The first-order valence-corrected chi connectivity index (χ1v) is 5.78. The zero-order chi connectivity index (χ0) is 13.0. The van der Waals surface area contributed by atoms with Crippen LogP contribution in [-0.4, -0.2) is 5.78 Å². The molecule has 0 spiro atoms. The number of carbonyl (C=O) groups is 1. The number of carbonyl (C=O) groups excluding carboxylic acids is 1. The molecule has 0 heterocycles. The minimum Gasteiger partial charge on any atom is -0.289 e. The molecule has 0 saturated carbocycles. The summed E-state index contributed by atoms with van der Waals surface area (Å²) >= 11 is 5.90. The van der Waals surface area contributed by atoms with E-state index in [2.05, 4.69) is 0 Å². The lowest BCUT2D eigenvalue weighted by atomic mass is 10.1. The Morgan fingerprint density at radius 3 is 2.44 bits per heavy atom. The molecule has 0 unspecified atom stereocenters. The van der Waals surface area contributed by atoms with E-state index in [0.717, 1.165) is 0 Å². The molecule has 0 aliphatic carbocycles. The predicted molar refractivity (Wildman–Crippen MR) is 71.2 cm³/mol. The number of halogens is 2. The molecular formula is C15H10ClFO. The Labute approximate surface area is 110 Å². The van der Waals surface area contributed by atoms with Crippen molar-refractivity contribution in [1.82, 2.24) is 0 Å². The van der Waals surface area contributed by atoms with Gasteiger partial charge < -0.3 is 0 Å². The molecule has 2 aromatic rings. The summed E-state index contributed by atoms with van der Waals surface area (Å²) in [4.78, 5) is 11.9. The van der Waals surface area contributed by atoms with Gasteiger partial charge in [-0.15, -0.1) is 0 Å². The second kappa shape index (κ2) is 5.61. The zero-order valence-electron chi connectivity index (χ0n) is 9.44. The minimum absolute atomic E-state index is 0.246. The van der Waals surface area contributed by atoms with Gasteiger partial charge in [0.2, 0.25) is 0 Å². The zero-order valence-corrected chi connectivity index (χ0v) is 10.2. The van der Waals surface area contributed by atoms with Crippen LogP contribution < -0.4 is 0 Å². The van der Waals surface area contributed by atoms with Crippen molar-refractivity contribution in [2.45, 2.75) is 0 Å². The molecule has 0 atom stereocenters. The Morgan fingerprint density at radius 2 is 1.72 bits per heavy atom. The van der Waals surface area contributed by atoms with Gasteiger partial charge in [-0.3, -0.25) is 4.79 Å². The lowest BCUT2D eigenvalue weighted by molar-refractivity contribution is 0.104. The highest BCUT2D eigenvalue weighted by Gasteiger charge is 2.06. The lowest BCUT2D eigenvalue weighted by Gasteiger charge is -1.99.